The molecule has 1 aliphatic heterocycles. The molecule has 0 radical (unpaired) electrons. The summed E-state index contributed by atoms with van der Waals surface area (Å²) in [5.74, 6) is 0. The van der Waals surface area contributed by atoms with Crippen molar-refractivity contribution in [1.82, 2.24) is 4.90 Å². The molecule has 1 saturated heterocycles. The minimum Gasteiger partial charge on any atom is -0.396 e. The van der Waals surface area contributed by atoms with Gasteiger partial charge in [-0.3, -0.25) is 4.90 Å². The van der Waals surface area contributed by atoms with Crippen LogP contribution in [0.4, 0.5) is 0 Å². The zero-order valence-corrected chi connectivity index (χ0v) is 9.63. The van der Waals surface area contributed by atoms with Crippen LogP contribution in [0.25, 0.3) is 0 Å². The maximum atomic E-state index is 9.30. The highest BCUT2D eigenvalue weighted by Gasteiger charge is 2.48. The largest absolute Gasteiger partial charge is 0.396 e. The lowest BCUT2D eigenvalue weighted by atomic mass is 9.73. The molecule has 1 atom stereocenters. The highest BCUT2D eigenvalue weighted by atomic mass is 16.3. The molecule has 1 unspecified atom stereocenters. The molecule has 16 heavy (non-hydrogen) atoms. The highest BCUT2D eigenvalue weighted by Crippen LogP contribution is 2.37. The third-order valence-corrected chi connectivity index (χ3v) is 3.81. The van der Waals surface area contributed by atoms with Gasteiger partial charge in [0.25, 0.3) is 0 Å². The standard InChI is InChI=1S/C13H19NO2/c1-11-13(9-15,10-16)8-14(11)7-12-5-3-2-4-6-12/h2-6,11,15-16H,7-10H2,1H3. The average molecular weight is 221 g/mol. The van der Waals surface area contributed by atoms with E-state index in [1.54, 1.807) is 0 Å². The van der Waals surface area contributed by atoms with Crippen LogP contribution in [0.2, 0.25) is 0 Å². The van der Waals surface area contributed by atoms with Gasteiger partial charge in [0.2, 0.25) is 0 Å². The minimum absolute atomic E-state index is 0.0654. The fourth-order valence-electron chi connectivity index (χ4n) is 2.37. The van der Waals surface area contributed by atoms with Gasteiger partial charge in [-0.15, -0.1) is 0 Å². The fraction of sp³-hybridized carbons (Fsp3) is 0.538. The van der Waals surface area contributed by atoms with E-state index in [2.05, 4.69) is 24.0 Å². The summed E-state index contributed by atoms with van der Waals surface area (Å²) in [6.07, 6.45) is 0. The van der Waals surface area contributed by atoms with E-state index in [4.69, 9.17) is 0 Å². The van der Waals surface area contributed by atoms with Crippen molar-refractivity contribution in [3.05, 3.63) is 35.9 Å². The molecule has 0 amide bonds. The molecule has 0 bridgehead atoms. The Labute approximate surface area is 96.3 Å². The first-order valence-corrected chi connectivity index (χ1v) is 5.71. The van der Waals surface area contributed by atoms with Gasteiger partial charge in [-0.2, -0.15) is 0 Å². The number of aliphatic hydroxyl groups excluding tert-OH is 2. The normalized spacial score (nSPS) is 24.1. The van der Waals surface area contributed by atoms with Crippen LogP contribution < -0.4 is 0 Å². The van der Waals surface area contributed by atoms with Crippen LogP contribution in [0, 0.1) is 5.41 Å². The number of nitrogens with zero attached hydrogens (tertiary/aromatic N) is 1. The first-order valence-electron chi connectivity index (χ1n) is 5.71. The Morgan fingerprint density at radius 3 is 2.38 bits per heavy atom. The summed E-state index contributed by atoms with van der Waals surface area (Å²) in [7, 11) is 0. The quantitative estimate of drug-likeness (QED) is 0.792. The molecule has 0 spiro atoms. The van der Waals surface area contributed by atoms with E-state index >= 15 is 0 Å². The van der Waals surface area contributed by atoms with Crippen molar-refractivity contribution >= 4 is 0 Å². The third kappa shape index (κ3) is 1.86. The monoisotopic (exact) mass is 221 g/mol. The molecule has 1 heterocycles. The predicted octanol–water partition coefficient (Wildman–Crippen LogP) is 0.862. The van der Waals surface area contributed by atoms with Crippen LogP contribution in [0.3, 0.4) is 0 Å². The number of aliphatic hydroxyl groups is 2. The number of benzene rings is 1. The zero-order valence-electron chi connectivity index (χ0n) is 9.63. The van der Waals surface area contributed by atoms with Gasteiger partial charge in [-0.05, 0) is 12.5 Å². The van der Waals surface area contributed by atoms with Crippen LogP contribution in [-0.2, 0) is 6.54 Å². The van der Waals surface area contributed by atoms with Gasteiger partial charge in [0.15, 0.2) is 0 Å². The Kier molecular flexibility index (Phi) is 3.28. The Bertz CT molecular complexity index is 335. The van der Waals surface area contributed by atoms with Gasteiger partial charge in [-0.25, -0.2) is 0 Å². The first kappa shape index (κ1) is 11.6. The zero-order chi connectivity index (χ0) is 11.6. The van der Waals surface area contributed by atoms with E-state index in [-0.39, 0.29) is 24.7 Å². The van der Waals surface area contributed by atoms with Crippen LogP contribution in [0.5, 0.6) is 0 Å². The summed E-state index contributed by atoms with van der Waals surface area (Å²) in [5.41, 5.74) is 0.980. The number of hydrogen-bond acceptors (Lipinski definition) is 3. The van der Waals surface area contributed by atoms with Gasteiger partial charge in [0.05, 0.1) is 13.2 Å². The molecule has 0 aromatic heterocycles. The second-order valence-electron chi connectivity index (χ2n) is 4.75. The summed E-state index contributed by atoms with van der Waals surface area (Å²) >= 11 is 0. The van der Waals surface area contributed by atoms with Crippen molar-refractivity contribution in [3.63, 3.8) is 0 Å². The molecule has 1 aliphatic rings. The van der Waals surface area contributed by atoms with Crippen molar-refractivity contribution in [2.75, 3.05) is 19.8 Å². The molecule has 88 valence electrons. The van der Waals surface area contributed by atoms with Crippen LogP contribution in [0.1, 0.15) is 12.5 Å². The summed E-state index contributed by atoms with van der Waals surface area (Å²) in [4.78, 5) is 2.28. The van der Waals surface area contributed by atoms with E-state index < -0.39 is 0 Å². The van der Waals surface area contributed by atoms with Gasteiger partial charge in [0.1, 0.15) is 0 Å². The summed E-state index contributed by atoms with van der Waals surface area (Å²) in [6, 6.07) is 10.5. The maximum Gasteiger partial charge on any atom is 0.0536 e. The first-order chi connectivity index (χ1) is 7.72. The van der Waals surface area contributed by atoms with Gasteiger partial charge < -0.3 is 10.2 Å². The van der Waals surface area contributed by atoms with Crippen LogP contribution >= 0.6 is 0 Å². The fourth-order valence-corrected chi connectivity index (χ4v) is 2.37. The Morgan fingerprint density at radius 1 is 1.25 bits per heavy atom. The second kappa shape index (κ2) is 4.53. The lowest BCUT2D eigenvalue weighted by molar-refractivity contribution is -0.127. The number of hydrogen-bond donors (Lipinski definition) is 2. The Balaban J connectivity index is 1.96. The molecule has 1 fully saturated rings. The molecule has 0 aliphatic carbocycles. The smallest absolute Gasteiger partial charge is 0.0536 e. The molecule has 3 nitrogen and oxygen atoms in total. The average Bonchev–Trinajstić information content (AvgIpc) is 2.35. The molecular weight excluding hydrogens is 202 g/mol. The number of likely N-dealkylation sites (tertiary alicyclic amines) is 1. The van der Waals surface area contributed by atoms with Crippen LogP contribution in [0.15, 0.2) is 30.3 Å². The van der Waals surface area contributed by atoms with Crippen molar-refractivity contribution in [2.24, 2.45) is 5.41 Å². The summed E-state index contributed by atoms with van der Waals surface area (Å²) in [6.45, 7) is 3.87. The lowest BCUT2D eigenvalue weighted by Crippen LogP contribution is -2.66. The van der Waals surface area contributed by atoms with Crippen molar-refractivity contribution in [1.29, 1.82) is 0 Å². The maximum absolute atomic E-state index is 9.30. The van der Waals surface area contributed by atoms with Crippen molar-refractivity contribution in [3.8, 4) is 0 Å². The summed E-state index contributed by atoms with van der Waals surface area (Å²) < 4.78 is 0. The second-order valence-corrected chi connectivity index (χ2v) is 4.75. The molecule has 0 saturated carbocycles. The molecule has 1 aromatic rings. The van der Waals surface area contributed by atoms with Crippen molar-refractivity contribution in [2.45, 2.75) is 19.5 Å². The van der Waals surface area contributed by atoms with Crippen LogP contribution in [-0.4, -0.2) is 40.9 Å². The van der Waals surface area contributed by atoms with E-state index in [0.29, 0.717) is 0 Å². The molecule has 1 aromatic carbocycles. The Morgan fingerprint density at radius 2 is 1.88 bits per heavy atom. The van der Waals surface area contributed by atoms with E-state index in [1.807, 2.05) is 18.2 Å². The van der Waals surface area contributed by atoms with E-state index in [1.165, 1.54) is 5.56 Å². The molecule has 3 heteroatoms. The minimum atomic E-state index is -0.297. The summed E-state index contributed by atoms with van der Waals surface area (Å²) in [5, 5.41) is 18.6. The third-order valence-electron chi connectivity index (χ3n) is 3.81. The van der Waals surface area contributed by atoms with E-state index in [0.717, 1.165) is 13.1 Å². The molecule has 2 N–H and O–H groups in total. The lowest BCUT2D eigenvalue weighted by Gasteiger charge is -2.54. The predicted molar refractivity (Wildman–Crippen MR) is 62.9 cm³/mol. The molecular formula is C13H19NO2. The van der Waals surface area contributed by atoms with Crippen molar-refractivity contribution < 1.29 is 10.2 Å². The SMILES string of the molecule is CC1N(Cc2ccccc2)CC1(CO)CO. The number of rotatable bonds is 4. The Hall–Kier alpha value is -0.900. The molecule has 2 rings (SSSR count). The van der Waals surface area contributed by atoms with E-state index in [9.17, 15) is 10.2 Å². The van der Waals surface area contributed by atoms with Gasteiger partial charge in [0, 0.05) is 24.5 Å². The van der Waals surface area contributed by atoms with Gasteiger partial charge in [-0.1, -0.05) is 30.3 Å². The highest BCUT2D eigenvalue weighted by molar-refractivity contribution is 5.16. The topological polar surface area (TPSA) is 43.7 Å². The van der Waals surface area contributed by atoms with Gasteiger partial charge >= 0.3 is 0 Å².